The Kier molecular flexibility index (Phi) is 4.32. The summed E-state index contributed by atoms with van der Waals surface area (Å²) < 4.78 is 10.5. The van der Waals surface area contributed by atoms with Gasteiger partial charge in [0.1, 0.15) is 11.5 Å². The van der Waals surface area contributed by atoms with Crippen LogP contribution >= 0.6 is 23.2 Å². The van der Waals surface area contributed by atoms with Gasteiger partial charge in [-0.25, -0.2) is 0 Å². The molecule has 0 heterocycles. The van der Waals surface area contributed by atoms with Gasteiger partial charge in [0.15, 0.2) is 5.75 Å². The topological polar surface area (TPSA) is 61.6 Å². The number of hydrogen-bond donors (Lipinski definition) is 0. The van der Waals surface area contributed by atoms with Crippen molar-refractivity contribution in [3.63, 3.8) is 0 Å². The second-order valence-corrected chi connectivity index (χ2v) is 4.50. The van der Waals surface area contributed by atoms with Gasteiger partial charge in [0.05, 0.1) is 22.1 Å². The molecule has 0 fully saturated rings. The van der Waals surface area contributed by atoms with Gasteiger partial charge in [0.25, 0.3) is 5.69 Å². The number of ether oxygens (including phenoxy) is 2. The van der Waals surface area contributed by atoms with Gasteiger partial charge < -0.3 is 9.47 Å². The first-order chi connectivity index (χ1) is 9.51. The van der Waals surface area contributed by atoms with Gasteiger partial charge in [0, 0.05) is 18.2 Å². The zero-order chi connectivity index (χ0) is 14.7. The molecule has 1 radical (unpaired) electrons. The minimum absolute atomic E-state index is 0.0556. The monoisotopic (exact) mass is 312 g/mol. The summed E-state index contributed by atoms with van der Waals surface area (Å²) in [5, 5.41) is 10.8. The third kappa shape index (κ3) is 3.12. The van der Waals surface area contributed by atoms with Gasteiger partial charge >= 0.3 is 0 Å². The van der Waals surface area contributed by atoms with Gasteiger partial charge in [-0.2, -0.15) is 0 Å². The van der Waals surface area contributed by atoms with Crippen LogP contribution in [0.3, 0.4) is 0 Å². The van der Waals surface area contributed by atoms with Crippen LogP contribution in [-0.4, -0.2) is 12.0 Å². The first-order valence-corrected chi connectivity index (χ1v) is 6.14. The summed E-state index contributed by atoms with van der Waals surface area (Å²) in [6.07, 6.45) is 0. The second kappa shape index (κ2) is 5.98. The van der Waals surface area contributed by atoms with E-state index >= 15 is 0 Å². The number of nitrogens with zero attached hydrogens (tertiary/aromatic N) is 1. The Morgan fingerprint density at radius 2 is 1.90 bits per heavy atom. The maximum atomic E-state index is 10.7. The van der Waals surface area contributed by atoms with E-state index in [9.17, 15) is 10.1 Å². The van der Waals surface area contributed by atoms with E-state index in [1.807, 2.05) is 0 Å². The molecule has 2 rings (SSSR count). The Morgan fingerprint density at radius 3 is 2.35 bits per heavy atom. The van der Waals surface area contributed by atoms with Crippen molar-refractivity contribution >= 4 is 28.9 Å². The van der Waals surface area contributed by atoms with Crippen molar-refractivity contribution in [3.8, 4) is 17.2 Å². The third-order valence-corrected chi connectivity index (χ3v) is 2.95. The number of nitro groups is 1. The van der Waals surface area contributed by atoms with E-state index in [4.69, 9.17) is 32.7 Å². The molecule has 0 aliphatic heterocycles. The SMILES string of the molecule is COc1[c]cc(Oc2c(Cl)cc([N+](=O)[O-])cc2Cl)cc1. The van der Waals surface area contributed by atoms with Crippen LogP contribution in [0.1, 0.15) is 0 Å². The first kappa shape index (κ1) is 14.4. The molecule has 0 atom stereocenters. The molecular formula is C13H8Cl2NO4. The molecular weight excluding hydrogens is 305 g/mol. The quantitative estimate of drug-likeness (QED) is 0.616. The molecule has 0 aliphatic rings. The Labute approximate surface area is 124 Å². The predicted octanol–water partition coefficient (Wildman–Crippen LogP) is 4.50. The number of halogens is 2. The molecule has 2 aromatic rings. The van der Waals surface area contributed by atoms with E-state index in [0.717, 1.165) is 0 Å². The van der Waals surface area contributed by atoms with Crippen LogP contribution in [0, 0.1) is 16.2 Å². The van der Waals surface area contributed by atoms with Crippen LogP contribution < -0.4 is 9.47 Å². The third-order valence-electron chi connectivity index (χ3n) is 2.39. The van der Waals surface area contributed by atoms with Crippen molar-refractivity contribution in [2.24, 2.45) is 0 Å². The highest BCUT2D eigenvalue weighted by atomic mass is 35.5. The first-order valence-electron chi connectivity index (χ1n) is 5.38. The number of methoxy groups -OCH3 is 1. The minimum Gasteiger partial charge on any atom is -0.496 e. The van der Waals surface area contributed by atoms with E-state index in [2.05, 4.69) is 6.07 Å². The lowest BCUT2D eigenvalue weighted by Crippen LogP contribution is -1.92. The molecule has 0 bridgehead atoms. The Morgan fingerprint density at radius 1 is 1.25 bits per heavy atom. The van der Waals surface area contributed by atoms with Crippen molar-refractivity contribution < 1.29 is 14.4 Å². The molecule has 0 unspecified atom stereocenters. The summed E-state index contributed by atoms with van der Waals surface area (Å²) >= 11 is 11.9. The van der Waals surface area contributed by atoms with Gasteiger partial charge in [0.2, 0.25) is 0 Å². The average Bonchev–Trinajstić information content (AvgIpc) is 2.43. The Bertz CT molecular complexity index is 620. The molecule has 0 spiro atoms. The zero-order valence-electron chi connectivity index (χ0n) is 10.2. The summed E-state index contributed by atoms with van der Waals surface area (Å²) in [6.45, 7) is 0. The summed E-state index contributed by atoms with van der Waals surface area (Å²) in [5.74, 6) is 1.14. The molecule has 0 saturated heterocycles. The van der Waals surface area contributed by atoms with Crippen molar-refractivity contribution in [1.29, 1.82) is 0 Å². The van der Waals surface area contributed by atoms with Gasteiger partial charge in [-0.3, -0.25) is 10.1 Å². The highest BCUT2D eigenvalue weighted by Crippen LogP contribution is 2.39. The lowest BCUT2D eigenvalue weighted by atomic mass is 10.3. The summed E-state index contributed by atoms with van der Waals surface area (Å²) in [6, 6.07) is 10.0. The fourth-order valence-electron chi connectivity index (χ4n) is 1.45. The number of rotatable bonds is 4. The van der Waals surface area contributed by atoms with Crippen LogP contribution in [0.25, 0.3) is 0 Å². The molecule has 103 valence electrons. The smallest absolute Gasteiger partial charge is 0.272 e. The normalized spacial score (nSPS) is 10.2. The molecule has 0 saturated carbocycles. The van der Waals surface area contributed by atoms with E-state index in [1.165, 1.54) is 19.2 Å². The minimum atomic E-state index is -0.581. The van der Waals surface area contributed by atoms with Gasteiger partial charge in [-0.1, -0.05) is 23.2 Å². The largest absolute Gasteiger partial charge is 0.496 e. The molecule has 0 amide bonds. The highest BCUT2D eigenvalue weighted by molar-refractivity contribution is 6.37. The number of nitro benzene ring substituents is 1. The van der Waals surface area contributed by atoms with Gasteiger partial charge in [-0.05, 0) is 18.2 Å². The zero-order valence-corrected chi connectivity index (χ0v) is 11.7. The maximum Gasteiger partial charge on any atom is 0.272 e. The predicted molar refractivity (Wildman–Crippen MR) is 75.0 cm³/mol. The van der Waals surface area contributed by atoms with Crippen molar-refractivity contribution in [2.45, 2.75) is 0 Å². The lowest BCUT2D eigenvalue weighted by molar-refractivity contribution is -0.384. The van der Waals surface area contributed by atoms with Gasteiger partial charge in [-0.15, -0.1) is 0 Å². The average molecular weight is 313 g/mol. The molecule has 2 aromatic carbocycles. The molecule has 7 heteroatoms. The Hall–Kier alpha value is -1.98. The fourth-order valence-corrected chi connectivity index (χ4v) is 2.01. The summed E-state index contributed by atoms with van der Waals surface area (Å²) in [4.78, 5) is 10.1. The summed E-state index contributed by atoms with van der Waals surface area (Å²) in [5.41, 5.74) is -0.200. The van der Waals surface area contributed by atoms with E-state index in [1.54, 1.807) is 18.2 Å². The van der Waals surface area contributed by atoms with E-state index in [0.29, 0.717) is 11.5 Å². The lowest BCUT2D eigenvalue weighted by Gasteiger charge is -2.09. The summed E-state index contributed by atoms with van der Waals surface area (Å²) in [7, 11) is 1.52. The number of hydrogen-bond acceptors (Lipinski definition) is 4. The van der Waals surface area contributed by atoms with E-state index < -0.39 is 4.92 Å². The number of non-ortho nitro benzene ring substituents is 1. The fraction of sp³-hybridized carbons (Fsp3) is 0.0769. The number of benzene rings is 2. The van der Waals surface area contributed by atoms with Crippen LogP contribution in [0.5, 0.6) is 17.2 Å². The molecule has 0 aliphatic carbocycles. The maximum absolute atomic E-state index is 10.7. The standard InChI is InChI=1S/C13H8Cl2NO4/c1-19-9-2-4-10(5-3-9)20-13-11(14)6-8(16(17)18)7-12(13)15/h2,4-7H,1H3. The molecule has 20 heavy (non-hydrogen) atoms. The van der Waals surface area contributed by atoms with E-state index in [-0.39, 0.29) is 21.5 Å². The van der Waals surface area contributed by atoms with Crippen LogP contribution in [0.2, 0.25) is 10.0 Å². The van der Waals surface area contributed by atoms with Crippen LogP contribution in [-0.2, 0) is 0 Å². The second-order valence-electron chi connectivity index (χ2n) is 3.69. The molecule has 5 nitrogen and oxygen atoms in total. The van der Waals surface area contributed by atoms with Crippen LogP contribution in [0.4, 0.5) is 5.69 Å². The highest BCUT2D eigenvalue weighted by Gasteiger charge is 2.16. The van der Waals surface area contributed by atoms with Crippen LogP contribution in [0.15, 0.2) is 30.3 Å². The molecule has 0 N–H and O–H groups in total. The molecule has 0 aromatic heterocycles. The van der Waals surface area contributed by atoms with Crippen molar-refractivity contribution in [1.82, 2.24) is 0 Å². The van der Waals surface area contributed by atoms with Crippen molar-refractivity contribution in [2.75, 3.05) is 7.11 Å². The van der Waals surface area contributed by atoms with Crippen molar-refractivity contribution in [3.05, 3.63) is 56.6 Å². The Balaban J connectivity index is 2.30.